The van der Waals surface area contributed by atoms with E-state index in [1.54, 1.807) is 24.7 Å². The molecule has 36 heavy (non-hydrogen) atoms. The van der Waals surface area contributed by atoms with Crippen LogP contribution >= 0.6 is 0 Å². The molecular weight excluding hydrogens is 448 g/mol. The molecule has 1 amide bonds. The van der Waals surface area contributed by atoms with Crippen LogP contribution in [0.2, 0.25) is 0 Å². The van der Waals surface area contributed by atoms with Crippen LogP contribution in [0.15, 0.2) is 97.3 Å². The lowest BCUT2D eigenvalue weighted by molar-refractivity contribution is 0.0967. The van der Waals surface area contributed by atoms with Gasteiger partial charge < -0.3 is 15.5 Å². The fourth-order valence-electron chi connectivity index (χ4n) is 4.21. The van der Waals surface area contributed by atoms with E-state index < -0.39 is 0 Å². The van der Waals surface area contributed by atoms with Crippen molar-refractivity contribution in [3.63, 3.8) is 0 Å². The molecule has 1 saturated heterocycles. The van der Waals surface area contributed by atoms with Gasteiger partial charge in [0.2, 0.25) is 5.95 Å². The Labute approximate surface area is 212 Å². The molecule has 1 unspecified atom stereocenters. The van der Waals surface area contributed by atoms with Crippen LogP contribution in [0.4, 0.5) is 5.95 Å². The molecule has 0 spiro atoms. The lowest BCUT2D eigenvalue weighted by Gasteiger charge is -2.14. The van der Waals surface area contributed by atoms with Gasteiger partial charge >= 0.3 is 0 Å². The number of likely N-dealkylation sites (N-methyl/N-ethyl adjacent to an activating group) is 1. The second-order valence-corrected chi connectivity index (χ2v) is 8.95. The highest BCUT2D eigenvalue weighted by Gasteiger charge is 2.22. The maximum atomic E-state index is 12.8. The number of carbonyl (C=O) groups excluding carboxylic acids is 1. The van der Waals surface area contributed by atoms with E-state index in [0.29, 0.717) is 28.8 Å². The van der Waals surface area contributed by atoms with Crippen LogP contribution in [0.5, 0.6) is 0 Å². The minimum Gasteiger partial charge on any atom is -0.324 e. The number of amides is 1. The van der Waals surface area contributed by atoms with Crippen molar-refractivity contribution >= 4 is 11.9 Å². The zero-order valence-corrected chi connectivity index (χ0v) is 20.9. The van der Waals surface area contributed by atoms with E-state index in [2.05, 4.69) is 62.7 Å². The topological polar surface area (TPSA) is 83.0 Å². The molecule has 1 aromatic carbocycles. The Morgan fingerprint density at radius 1 is 1.17 bits per heavy atom. The quantitative estimate of drug-likeness (QED) is 0.412. The lowest BCUT2D eigenvalue weighted by atomic mass is 9.97. The van der Waals surface area contributed by atoms with Crippen molar-refractivity contribution in [1.29, 1.82) is 0 Å². The summed E-state index contributed by atoms with van der Waals surface area (Å²) in [6.45, 7) is 15.4. The molecule has 1 aliphatic heterocycles. The first-order valence-electron chi connectivity index (χ1n) is 12.1. The van der Waals surface area contributed by atoms with Gasteiger partial charge in [0.25, 0.3) is 5.91 Å². The van der Waals surface area contributed by atoms with Gasteiger partial charge in [-0.2, -0.15) is 0 Å². The number of pyridine rings is 1. The molecule has 0 saturated carbocycles. The summed E-state index contributed by atoms with van der Waals surface area (Å²) in [5.41, 5.74) is 5.36. The molecule has 1 fully saturated rings. The number of allylic oxidation sites excluding steroid dienone is 2. The number of nitrogens with zero attached hydrogens (tertiary/aromatic N) is 4. The van der Waals surface area contributed by atoms with Crippen LogP contribution in [0.1, 0.15) is 42.1 Å². The Morgan fingerprint density at radius 3 is 2.64 bits per heavy atom. The van der Waals surface area contributed by atoms with Gasteiger partial charge in [0.15, 0.2) is 0 Å². The first-order valence-corrected chi connectivity index (χ1v) is 12.1. The van der Waals surface area contributed by atoms with Crippen molar-refractivity contribution in [2.45, 2.75) is 26.2 Å². The van der Waals surface area contributed by atoms with Crippen LogP contribution in [0, 0.1) is 0 Å². The highest BCUT2D eigenvalue weighted by atomic mass is 16.1. The highest BCUT2D eigenvalue weighted by molar-refractivity contribution is 5.95. The third kappa shape index (κ3) is 6.31. The zero-order chi connectivity index (χ0) is 25.5. The second kappa shape index (κ2) is 11.6. The summed E-state index contributed by atoms with van der Waals surface area (Å²) in [7, 11) is 0. The fraction of sp³-hybridized carbons (Fsp3) is 0.241. The van der Waals surface area contributed by atoms with Crippen molar-refractivity contribution in [3.8, 4) is 11.3 Å². The predicted octanol–water partition coefficient (Wildman–Crippen LogP) is 5.16. The molecule has 7 heteroatoms. The number of hydrogen-bond acceptors (Lipinski definition) is 6. The van der Waals surface area contributed by atoms with Gasteiger partial charge in [0.1, 0.15) is 0 Å². The van der Waals surface area contributed by atoms with Gasteiger partial charge in [-0.1, -0.05) is 32.2 Å². The largest absolute Gasteiger partial charge is 0.324 e. The smallest absolute Gasteiger partial charge is 0.255 e. The second-order valence-electron chi connectivity index (χ2n) is 8.95. The fourth-order valence-corrected chi connectivity index (χ4v) is 4.21. The number of anilines is 1. The Hall–Kier alpha value is -4.10. The SMILES string of the molecule is C=C(/C=C(/Nc1nccc(-c2cccnc2)n1)C(=C)C)NC(=O)c1ccc(C2CCN(CC)C2)cc1. The van der Waals surface area contributed by atoms with Crippen molar-refractivity contribution in [2.24, 2.45) is 0 Å². The Morgan fingerprint density at radius 2 is 1.97 bits per heavy atom. The van der Waals surface area contributed by atoms with Gasteiger partial charge in [0.05, 0.1) is 5.69 Å². The average Bonchev–Trinajstić information content (AvgIpc) is 3.38. The summed E-state index contributed by atoms with van der Waals surface area (Å²) in [4.78, 5) is 28.3. The molecule has 1 aliphatic rings. The molecular formula is C29H32N6O. The summed E-state index contributed by atoms with van der Waals surface area (Å²) in [5.74, 6) is 0.734. The molecule has 3 heterocycles. The average molecular weight is 481 g/mol. The first kappa shape index (κ1) is 25.0. The van der Waals surface area contributed by atoms with Gasteiger partial charge in [-0.05, 0) is 79.9 Å². The number of likely N-dealkylation sites (tertiary alicyclic amines) is 1. The third-order valence-corrected chi connectivity index (χ3v) is 6.28. The van der Waals surface area contributed by atoms with Crippen LogP contribution in [0.3, 0.4) is 0 Å². The van der Waals surface area contributed by atoms with Crippen LogP contribution in [-0.4, -0.2) is 45.4 Å². The van der Waals surface area contributed by atoms with E-state index in [1.165, 1.54) is 5.56 Å². The maximum Gasteiger partial charge on any atom is 0.255 e. The normalized spacial score (nSPS) is 15.9. The number of benzene rings is 1. The molecule has 0 radical (unpaired) electrons. The van der Waals surface area contributed by atoms with Crippen molar-refractivity contribution in [2.75, 3.05) is 25.0 Å². The Balaban J connectivity index is 1.41. The first-order chi connectivity index (χ1) is 17.4. The van der Waals surface area contributed by atoms with Crippen molar-refractivity contribution in [3.05, 3.63) is 108 Å². The number of rotatable bonds is 9. The standard InChI is InChI=1S/C29H32N6O/c1-5-35-16-13-25(19-35)22-8-10-23(11-9-22)28(36)32-21(4)17-27(20(2)3)34-29-31-15-12-26(33-29)24-7-6-14-30-18-24/h6-12,14-15,17-18,25H,2,4-5,13,16,19H2,1,3H3,(H,32,36)(H,31,33,34)/b27-17+. The van der Waals surface area contributed by atoms with E-state index in [4.69, 9.17) is 0 Å². The molecule has 3 aromatic rings. The lowest BCUT2D eigenvalue weighted by Crippen LogP contribution is -2.22. The van der Waals surface area contributed by atoms with E-state index in [-0.39, 0.29) is 5.91 Å². The molecule has 7 nitrogen and oxygen atoms in total. The molecule has 184 valence electrons. The monoisotopic (exact) mass is 480 g/mol. The van der Waals surface area contributed by atoms with E-state index in [1.807, 2.05) is 37.3 Å². The van der Waals surface area contributed by atoms with E-state index in [9.17, 15) is 4.79 Å². The van der Waals surface area contributed by atoms with E-state index in [0.717, 1.165) is 42.9 Å². The Kier molecular flexibility index (Phi) is 8.02. The summed E-state index contributed by atoms with van der Waals surface area (Å²) in [6, 6.07) is 13.5. The van der Waals surface area contributed by atoms with Gasteiger partial charge in [0, 0.05) is 47.7 Å². The highest BCUT2D eigenvalue weighted by Crippen LogP contribution is 2.27. The van der Waals surface area contributed by atoms with Crippen LogP contribution in [-0.2, 0) is 0 Å². The molecule has 4 rings (SSSR count). The molecule has 1 atom stereocenters. The van der Waals surface area contributed by atoms with Gasteiger partial charge in [-0.3, -0.25) is 9.78 Å². The number of hydrogen-bond donors (Lipinski definition) is 2. The van der Waals surface area contributed by atoms with Gasteiger partial charge in [-0.25, -0.2) is 9.97 Å². The summed E-state index contributed by atoms with van der Waals surface area (Å²) < 4.78 is 0. The number of aromatic nitrogens is 3. The number of carbonyl (C=O) groups is 1. The van der Waals surface area contributed by atoms with Gasteiger partial charge in [-0.15, -0.1) is 0 Å². The zero-order valence-electron chi connectivity index (χ0n) is 20.9. The Bertz CT molecular complexity index is 1270. The maximum absolute atomic E-state index is 12.8. The molecule has 2 aromatic heterocycles. The minimum absolute atomic E-state index is 0.208. The van der Waals surface area contributed by atoms with Crippen molar-refractivity contribution < 1.29 is 4.79 Å². The summed E-state index contributed by atoms with van der Waals surface area (Å²) in [5, 5.41) is 6.04. The van der Waals surface area contributed by atoms with E-state index >= 15 is 0 Å². The molecule has 0 bridgehead atoms. The van der Waals surface area contributed by atoms with Crippen LogP contribution in [0.25, 0.3) is 11.3 Å². The van der Waals surface area contributed by atoms with Crippen LogP contribution < -0.4 is 10.6 Å². The molecule has 2 N–H and O–H groups in total. The predicted molar refractivity (Wildman–Crippen MR) is 144 cm³/mol. The molecule has 0 aliphatic carbocycles. The summed E-state index contributed by atoms with van der Waals surface area (Å²) in [6.07, 6.45) is 8.03. The minimum atomic E-state index is -0.208. The third-order valence-electron chi connectivity index (χ3n) is 6.28. The number of nitrogens with one attached hydrogen (secondary N) is 2. The van der Waals surface area contributed by atoms with Crippen molar-refractivity contribution in [1.82, 2.24) is 25.2 Å². The summed E-state index contributed by atoms with van der Waals surface area (Å²) >= 11 is 0.